The average Bonchev–Trinajstić information content (AvgIpc) is 2.77. The first kappa shape index (κ1) is 12.8. The lowest BCUT2D eigenvalue weighted by Crippen LogP contribution is -2.03. The molecule has 0 fully saturated rings. The van der Waals surface area contributed by atoms with Gasteiger partial charge in [-0.3, -0.25) is 14.7 Å². The van der Waals surface area contributed by atoms with Crippen LogP contribution in [0.4, 0.5) is 5.69 Å². The Morgan fingerprint density at radius 3 is 2.94 bits per heavy atom. The summed E-state index contributed by atoms with van der Waals surface area (Å²) in [6.07, 6.45) is 5.15. The van der Waals surface area contributed by atoms with Gasteiger partial charge in [0.15, 0.2) is 0 Å². The second-order valence-electron chi connectivity index (χ2n) is 3.85. The lowest BCUT2D eigenvalue weighted by atomic mass is 10.2. The number of aryl methyl sites for hydroxylation is 1. The molecule has 18 heavy (non-hydrogen) atoms. The number of aromatic nitrogens is 2. The zero-order valence-corrected chi connectivity index (χ0v) is 11.4. The molecular formula is C12H12BrN3O2. The predicted octanol–water partition coefficient (Wildman–Crippen LogP) is 3.50. The summed E-state index contributed by atoms with van der Waals surface area (Å²) in [4.78, 5) is 14.9. The maximum Gasteiger partial charge on any atom is 0.294 e. The van der Waals surface area contributed by atoms with E-state index in [9.17, 15) is 10.1 Å². The lowest BCUT2D eigenvalue weighted by Gasteiger charge is -2.08. The standard InChI is InChI=1S/C12H12BrN3O2/c1-2-3-12-14-6-7-15(12)10-5-4-9(13)8-11(10)16(17)18/h4-8H,2-3H2,1H3. The number of nitro benzene ring substituents is 1. The van der Waals surface area contributed by atoms with Gasteiger partial charge in [0.2, 0.25) is 0 Å². The van der Waals surface area contributed by atoms with Gasteiger partial charge in [-0.1, -0.05) is 22.9 Å². The molecule has 0 radical (unpaired) electrons. The quantitative estimate of drug-likeness (QED) is 0.641. The molecule has 1 aromatic carbocycles. The Morgan fingerprint density at radius 2 is 2.28 bits per heavy atom. The van der Waals surface area contributed by atoms with Crippen molar-refractivity contribution in [2.75, 3.05) is 0 Å². The third-order valence-corrected chi connectivity index (χ3v) is 3.08. The number of nitrogens with zero attached hydrogens (tertiary/aromatic N) is 3. The lowest BCUT2D eigenvalue weighted by molar-refractivity contribution is -0.384. The SMILES string of the molecule is CCCc1nccn1-c1ccc(Br)cc1[N+](=O)[O-]. The second kappa shape index (κ2) is 5.30. The zero-order chi connectivity index (χ0) is 13.1. The summed E-state index contributed by atoms with van der Waals surface area (Å²) in [6, 6.07) is 5.02. The Kier molecular flexibility index (Phi) is 3.76. The largest absolute Gasteiger partial charge is 0.298 e. The van der Waals surface area contributed by atoms with Crippen LogP contribution in [0.5, 0.6) is 0 Å². The van der Waals surface area contributed by atoms with Gasteiger partial charge < -0.3 is 0 Å². The summed E-state index contributed by atoms with van der Waals surface area (Å²) >= 11 is 3.25. The number of rotatable bonds is 4. The molecule has 0 bridgehead atoms. The van der Waals surface area contributed by atoms with Gasteiger partial charge >= 0.3 is 0 Å². The van der Waals surface area contributed by atoms with Crippen LogP contribution in [-0.2, 0) is 6.42 Å². The second-order valence-corrected chi connectivity index (χ2v) is 4.77. The summed E-state index contributed by atoms with van der Waals surface area (Å²) in [5.74, 6) is 0.836. The highest BCUT2D eigenvalue weighted by Gasteiger charge is 2.17. The predicted molar refractivity (Wildman–Crippen MR) is 71.9 cm³/mol. The Bertz CT molecular complexity index is 580. The molecule has 0 saturated heterocycles. The molecule has 0 atom stereocenters. The van der Waals surface area contributed by atoms with Crippen LogP contribution in [0, 0.1) is 10.1 Å². The Hall–Kier alpha value is -1.69. The van der Waals surface area contributed by atoms with Crippen LogP contribution in [0.1, 0.15) is 19.2 Å². The van der Waals surface area contributed by atoms with E-state index in [1.54, 1.807) is 29.1 Å². The van der Waals surface area contributed by atoms with Crippen LogP contribution in [0.25, 0.3) is 5.69 Å². The molecule has 0 amide bonds. The van der Waals surface area contributed by atoms with E-state index in [1.807, 2.05) is 0 Å². The zero-order valence-electron chi connectivity index (χ0n) is 9.84. The number of halogens is 1. The topological polar surface area (TPSA) is 61.0 Å². The van der Waals surface area contributed by atoms with Gasteiger partial charge in [-0.2, -0.15) is 0 Å². The van der Waals surface area contributed by atoms with Crippen LogP contribution >= 0.6 is 15.9 Å². The van der Waals surface area contributed by atoms with Crippen LogP contribution < -0.4 is 0 Å². The van der Waals surface area contributed by atoms with Crippen LogP contribution in [0.2, 0.25) is 0 Å². The maximum atomic E-state index is 11.1. The van der Waals surface area contributed by atoms with Gasteiger partial charge in [-0.25, -0.2) is 4.98 Å². The average molecular weight is 310 g/mol. The maximum absolute atomic E-state index is 11.1. The molecule has 0 aliphatic heterocycles. The number of hydrogen-bond acceptors (Lipinski definition) is 3. The Balaban J connectivity index is 2.56. The van der Waals surface area contributed by atoms with E-state index in [1.165, 1.54) is 6.07 Å². The molecule has 1 heterocycles. The molecule has 0 unspecified atom stereocenters. The van der Waals surface area contributed by atoms with Crippen LogP contribution in [0.3, 0.4) is 0 Å². The van der Waals surface area contributed by atoms with E-state index in [0.717, 1.165) is 18.7 Å². The minimum absolute atomic E-state index is 0.0692. The minimum atomic E-state index is -0.379. The first-order valence-corrected chi connectivity index (χ1v) is 6.39. The molecule has 6 heteroatoms. The number of hydrogen-bond donors (Lipinski definition) is 0. The smallest absolute Gasteiger partial charge is 0.294 e. The van der Waals surface area contributed by atoms with Gasteiger partial charge in [-0.15, -0.1) is 0 Å². The fourth-order valence-electron chi connectivity index (χ4n) is 1.81. The highest BCUT2D eigenvalue weighted by molar-refractivity contribution is 9.10. The summed E-state index contributed by atoms with van der Waals surface area (Å²) in [6.45, 7) is 2.05. The number of benzene rings is 1. The third-order valence-electron chi connectivity index (χ3n) is 2.58. The van der Waals surface area contributed by atoms with E-state index < -0.39 is 0 Å². The van der Waals surface area contributed by atoms with Crippen molar-refractivity contribution in [1.29, 1.82) is 0 Å². The highest BCUT2D eigenvalue weighted by Crippen LogP contribution is 2.27. The van der Waals surface area contributed by atoms with E-state index in [2.05, 4.69) is 27.8 Å². The van der Waals surface area contributed by atoms with E-state index in [4.69, 9.17) is 0 Å². The Morgan fingerprint density at radius 1 is 1.50 bits per heavy atom. The van der Waals surface area contributed by atoms with Crippen molar-refractivity contribution >= 4 is 21.6 Å². The minimum Gasteiger partial charge on any atom is -0.298 e. The van der Waals surface area contributed by atoms with Gasteiger partial charge in [-0.05, 0) is 18.6 Å². The fraction of sp³-hybridized carbons (Fsp3) is 0.250. The molecule has 94 valence electrons. The summed E-state index contributed by atoms with van der Waals surface area (Å²) in [5.41, 5.74) is 0.615. The van der Waals surface area contributed by atoms with E-state index >= 15 is 0 Å². The summed E-state index contributed by atoms with van der Waals surface area (Å²) in [5, 5.41) is 11.1. The first-order chi connectivity index (χ1) is 8.63. The van der Waals surface area contributed by atoms with Gasteiger partial charge in [0.25, 0.3) is 5.69 Å². The fourth-order valence-corrected chi connectivity index (χ4v) is 2.16. The summed E-state index contributed by atoms with van der Waals surface area (Å²) in [7, 11) is 0. The van der Waals surface area contributed by atoms with Crippen molar-refractivity contribution in [2.24, 2.45) is 0 Å². The molecule has 2 rings (SSSR count). The molecule has 2 aromatic rings. The molecular weight excluding hydrogens is 298 g/mol. The van der Waals surface area contributed by atoms with Crippen molar-refractivity contribution in [1.82, 2.24) is 9.55 Å². The van der Waals surface area contributed by atoms with Gasteiger partial charge in [0.05, 0.1) is 4.92 Å². The Labute approximate surface area is 113 Å². The molecule has 0 aliphatic rings. The van der Waals surface area contributed by atoms with E-state index in [0.29, 0.717) is 10.2 Å². The number of imidazole rings is 1. The van der Waals surface area contributed by atoms with Gasteiger partial charge in [0, 0.05) is 29.4 Å². The number of nitro groups is 1. The monoisotopic (exact) mass is 309 g/mol. The van der Waals surface area contributed by atoms with Crippen molar-refractivity contribution in [2.45, 2.75) is 19.8 Å². The van der Waals surface area contributed by atoms with Crippen LogP contribution in [0.15, 0.2) is 35.1 Å². The molecule has 0 aliphatic carbocycles. The first-order valence-electron chi connectivity index (χ1n) is 5.60. The molecule has 1 aromatic heterocycles. The normalized spacial score (nSPS) is 10.6. The molecule has 5 nitrogen and oxygen atoms in total. The van der Waals surface area contributed by atoms with Crippen LogP contribution in [-0.4, -0.2) is 14.5 Å². The third kappa shape index (κ3) is 2.43. The molecule has 0 saturated carbocycles. The van der Waals surface area contributed by atoms with Gasteiger partial charge in [0.1, 0.15) is 11.5 Å². The van der Waals surface area contributed by atoms with Crippen molar-refractivity contribution in [3.63, 3.8) is 0 Å². The van der Waals surface area contributed by atoms with Crippen molar-refractivity contribution in [3.05, 3.63) is 51.0 Å². The van der Waals surface area contributed by atoms with Crippen molar-refractivity contribution < 1.29 is 4.92 Å². The summed E-state index contributed by atoms with van der Waals surface area (Å²) < 4.78 is 2.46. The van der Waals surface area contributed by atoms with Crippen molar-refractivity contribution in [3.8, 4) is 5.69 Å². The molecule has 0 N–H and O–H groups in total. The van der Waals surface area contributed by atoms with E-state index in [-0.39, 0.29) is 10.6 Å². The highest BCUT2D eigenvalue weighted by atomic mass is 79.9. The molecule has 0 spiro atoms.